The largest absolute Gasteiger partial charge is 0.465 e. The van der Waals surface area contributed by atoms with Gasteiger partial charge in [-0.2, -0.15) is 0 Å². The van der Waals surface area contributed by atoms with E-state index in [-0.39, 0.29) is 78.7 Å². The molecule has 0 aromatic heterocycles. The average molecular weight is 534 g/mol. The van der Waals surface area contributed by atoms with Crippen LogP contribution in [0.15, 0.2) is 0 Å². The monoisotopic (exact) mass is 533 g/mol. The number of ether oxygens (including phenoxy) is 5. The Morgan fingerprint density at radius 3 is 2.14 bits per heavy atom. The highest BCUT2D eigenvalue weighted by Gasteiger charge is 2.33. The van der Waals surface area contributed by atoms with Gasteiger partial charge in [-0.1, -0.05) is 6.92 Å². The Balaban J connectivity index is 2.22. The highest BCUT2D eigenvalue weighted by molar-refractivity contribution is 6.01. The van der Waals surface area contributed by atoms with E-state index in [9.17, 15) is 28.8 Å². The molecule has 37 heavy (non-hydrogen) atoms. The van der Waals surface area contributed by atoms with Crippen molar-refractivity contribution in [1.29, 1.82) is 0 Å². The van der Waals surface area contributed by atoms with Crippen LogP contribution in [-0.2, 0) is 52.5 Å². The standard InChI is InChI=1S/C22H35N3O12/c1-3-9-36-22(31)23-6-10-32-13-14-33-16-21(30)35-12-8-24(7-11-34-17(2)26)15-20(29)37-25-18(27)4-5-19(25)28/h3-16H2,1-2H3,(H,23,31). The molecular formula is C22H35N3O12. The second kappa shape index (κ2) is 18.9. The summed E-state index contributed by atoms with van der Waals surface area (Å²) in [5.74, 6) is -3.22. The lowest BCUT2D eigenvalue weighted by molar-refractivity contribution is -0.198. The number of imide groups is 1. The van der Waals surface area contributed by atoms with Crippen LogP contribution >= 0.6 is 0 Å². The summed E-state index contributed by atoms with van der Waals surface area (Å²) in [6.45, 7) is 3.73. The summed E-state index contributed by atoms with van der Waals surface area (Å²) in [4.78, 5) is 75.7. The van der Waals surface area contributed by atoms with E-state index in [1.807, 2.05) is 6.92 Å². The Morgan fingerprint density at radius 2 is 1.49 bits per heavy atom. The summed E-state index contributed by atoms with van der Waals surface area (Å²) >= 11 is 0. The molecule has 1 rings (SSSR count). The van der Waals surface area contributed by atoms with Crippen molar-refractivity contribution in [3.8, 4) is 0 Å². The number of hydrogen-bond donors (Lipinski definition) is 1. The van der Waals surface area contributed by atoms with Crippen LogP contribution in [0.5, 0.6) is 0 Å². The third kappa shape index (κ3) is 15.4. The van der Waals surface area contributed by atoms with E-state index >= 15 is 0 Å². The smallest absolute Gasteiger partial charge is 0.407 e. The zero-order chi connectivity index (χ0) is 27.5. The predicted molar refractivity (Wildman–Crippen MR) is 122 cm³/mol. The molecule has 1 saturated heterocycles. The minimum absolute atomic E-state index is 0.0286. The van der Waals surface area contributed by atoms with E-state index in [0.29, 0.717) is 11.7 Å². The third-order valence-electron chi connectivity index (χ3n) is 4.48. The summed E-state index contributed by atoms with van der Waals surface area (Å²) in [7, 11) is 0. The Kier molecular flexibility index (Phi) is 16.2. The van der Waals surface area contributed by atoms with Crippen LogP contribution in [0.25, 0.3) is 0 Å². The molecule has 0 unspecified atom stereocenters. The number of hydrogen-bond acceptors (Lipinski definition) is 13. The van der Waals surface area contributed by atoms with Gasteiger partial charge in [-0.05, 0) is 6.42 Å². The van der Waals surface area contributed by atoms with Gasteiger partial charge in [0.2, 0.25) is 0 Å². The molecule has 1 aliphatic heterocycles. The number of amides is 3. The maximum absolute atomic E-state index is 12.2. The highest BCUT2D eigenvalue weighted by atomic mass is 16.7. The van der Waals surface area contributed by atoms with Gasteiger partial charge < -0.3 is 33.8 Å². The highest BCUT2D eigenvalue weighted by Crippen LogP contribution is 2.12. The van der Waals surface area contributed by atoms with Crippen molar-refractivity contribution in [2.45, 2.75) is 33.1 Å². The second-order valence-electron chi connectivity index (χ2n) is 7.61. The first-order chi connectivity index (χ1) is 17.7. The molecule has 1 N–H and O–H groups in total. The van der Waals surface area contributed by atoms with Gasteiger partial charge in [0.25, 0.3) is 11.8 Å². The number of esters is 2. The molecule has 1 fully saturated rings. The van der Waals surface area contributed by atoms with Crippen molar-refractivity contribution in [1.82, 2.24) is 15.3 Å². The topological polar surface area (TPSA) is 176 Å². The maximum Gasteiger partial charge on any atom is 0.407 e. The Labute approximate surface area is 214 Å². The SMILES string of the molecule is CCCOC(=O)NCCOCCOCC(=O)OCCN(CCOC(C)=O)CC(=O)ON1C(=O)CCC1=O. The van der Waals surface area contributed by atoms with Gasteiger partial charge in [0.05, 0.1) is 33.0 Å². The second-order valence-corrected chi connectivity index (χ2v) is 7.61. The first kappa shape index (κ1) is 31.7. The average Bonchev–Trinajstić information content (AvgIpc) is 3.15. The van der Waals surface area contributed by atoms with Crippen LogP contribution in [0, 0.1) is 0 Å². The molecule has 15 nitrogen and oxygen atoms in total. The van der Waals surface area contributed by atoms with Crippen LogP contribution in [0.2, 0.25) is 0 Å². The zero-order valence-electron chi connectivity index (χ0n) is 21.2. The number of carbonyl (C=O) groups is 6. The molecule has 1 heterocycles. The van der Waals surface area contributed by atoms with E-state index in [4.69, 9.17) is 28.5 Å². The van der Waals surface area contributed by atoms with E-state index in [1.165, 1.54) is 11.8 Å². The minimum Gasteiger partial charge on any atom is -0.465 e. The molecule has 15 heteroatoms. The van der Waals surface area contributed by atoms with Crippen molar-refractivity contribution in [3.05, 3.63) is 0 Å². The number of carbonyl (C=O) groups excluding carboxylic acids is 6. The lowest BCUT2D eigenvalue weighted by Crippen LogP contribution is -2.40. The molecule has 1 aliphatic rings. The lowest BCUT2D eigenvalue weighted by Gasteiger charge is -2.22. The molecule has 0 atom stereocenters. The van der Waals surface area contributed by atoms with Gasteiger partial charge in [0.15, 0.2) is 0 Å². The summed E-state index contributed by atoms with van der Waals surface area (Å²) in [6, 6.07) is 0. The number of nitrogens with one attached hydrogen (secondary N) is 1. The van der Waals surface area contributed by atoms with Gasteiger partial charge in [-0.15, -0.1) is 5.06 Å². The minimum atomic E-state index is -0.867. The molecule has 3 amide bonds. The molecule has 0 aliphatic carbocycles. The molecular weight excluding hydrogens is 498 g/mol. The van der Waals surface area contributed by atoms with Gasteiger partial charge in [-0.25, -0.2) is 14.4 Å². The Hall–Kier alpha value is -3.30. The maximum atomic E-state index is 12.2. The predicted octanol–water partition coefficient (Wildman–Crippen LogP) is -0.829. The Morgan fingerprint density at radius 1 is 0.838 bits per heavy atom. The van der Waals surface area contributed by atoms with Crippen molar-refractivity contribution in [2.24, 2.45) is 0 Å². The van der Waals surface area contributed by atoms with Gasteiger partial charge in [-0.3, -0.25) is 19.3 Å². The normalized spacial score (nSPS) is 13.0. The van der Waals surface area contributed by atoms with Crippen molar-refractivity contribution < 1.29 is 57.3 Å². The molecule has 0 aromatic carbocycles. The zero-order valence-corrected chi connectivity index (χ0v) is 21.2. The molecule has 210 valence electrons. The molecule has 0 bridgehead atoms. The Bertz CT molecular complexity index is 760. The van der Waals surface area contributed by atoms with Crippen molar-refractivity contribution in [2.75, 3.05) is 72.4 Å². The van der Waals surface area contributed by atoms with E-state index in [1.54, 1.807) is 0 Å². The van der Waals surface area contributed by atoms with E-state index < -0.39 is 35.8 Å². The molecule has 0 saturated carbocycles. The molecule has 0 spiro atoms. The number of alkyl carbamates (subject to hydrolysis) is 1. The summed E-state index contributed by atoms with van der Waals surface area (Å²) in [6.07, 6.45) is 0.166. The number of rotatable bonds is 19. The van der Waals surface area contributed by atoms with Crippen LogP contribution in [-0.4, -0.2) is 118 Å². The fourth-order valence-electron chi connectivity index (χ4n) is 2.74. The third-order valence-corrected chi connectivity index (χ3v) is 4.48. The lowest BCUT2D eigenvalue weighted by atomic mass is 10.4. The summed E-state index contributed by atoms with van der Waals surface area (Å²) in [5, 5.41) is 2.96. The van der Waals surface area contributed by atoms with Crippen molar-refractivity contribution >= 4 is 35.8 Å². The first-order valence-electron chi connectivity index (χ1n) is 11.9. The molecule has 0 radical (unpaired) electrons. The van der Waals surface area contributed by atoms with Crippen LogP contribution in [0.4, 0.5) is 4.79 Å². The van der Waals surface area contributed by atoms with Crippen LogP contribution in [0.1, 0.15) is 33.1 Å². The fourth-order valence-corrected chi connectivity index (χ4v) is 2.74. The first-order valence-corrected chi connectivity index (χ1v) is 11.9. The summed E-state index contributed by atoms with van der Waals surface area (Å²) < 4.78 is 25.2. The van der Waals surface area contributed by atoms with Gasteiger partial charge >= 0.3 is 24.0 Å². The summed E-state index contributed by atoms with van der Waals surface area (Å²) in [5.41, 5.74) is 0. The fraction of sp³-hybridized carbons (Fsp3) is 0.727. The van der Waals surface area contributed by atoms with Gasteiger partial charge in [0.1, 0.15) is 19.8 Å². The van der Waals surface area contributed by atoms with E-state index in [0.717, 1.165) is 6.42 Å². The van der Waals surface area contributed by atoms with Crippen LogP contribution in [0.3, 0.4) is 0 Å². The van der Waals surface area contributed by atoms with Crippen molar-refractivity contribution in [3.63, 3.8) is 0 Å². The van der Waals surface area contributed by atoms with E-state index in [2.05, 4.69) is 5.32 Å². The quantitative estimate of drug-likeness (QED) is 0.0943. The van der Waals surface area contributed by atoms with Gasteiger partial charge in [0, 0.05) is 39.4 Å². The number of hydroxylamine groups is 2. The van der Waals surface area contributed by atoms with Crippen LogP contribution < -0.4 is 5.32 Å². The molecule has 0 aromatic rings. The number of nitrogens with zero attached hydrogens (tertiary/aromatic N) is 2.